The van der Waals surface area contributed by atoms with Gasteiger partial charge in [-0.15, -0.1) is 11.8 Å². The fourth-order valence-corrected chi connectivity index (χ4v) is 3.56. The molecule has 0 saturated carbocycles. The molecule has 28 heavy (non-hydrogen) atoms. The van der Waals surface area contributed by atoms with E-state index in [0.717, 1.165) is 23.2 Å². The Morgan fingerprint density at radius 1 is 0.964 bits per heavy atom. The quantitative estimate of drug-likeness (QED) is 0.641. The number of nitrogens with one attached hydrogen (secondary N) is 2. The number of carbonyl (C=O) groups is 2. The number of carbonyl (C=O) groups excluding carboxylic acids is 2. The van der Waals surface area contributed by atoms with Gasteiger partial charge in [0.15, 0.2) is 0 Å². The van der Waals surface area contributed by atoms with Crippen LogP contribution in [-0.4, -0.2) is 23.3 Å². The minimum absolute atomic E-state index is 0.0534. The summed E-state index contributed by atoms with van der Waals surface area (Å²) < 4.78 is 0. The first-order chi connectivity index (χ1) is 13.3. The Morgan fingerprint density at radius 3 is 2.29 bits per heavy atom. The molecule has 2 amide bonds. The van der Waals surface area contributed by atoms with E-state index in [1.165, 1.54) is 17.3 Å². The van der Waals surface area contributed by atoms with Crippen molar-refractivity contribution < 1.29 is 9.59 Å². The normalized spacial score (nSPS) is 11.9. The Hall–Kier alpha value is -2.27. The first-order valence-electron chi connectivity index (χ1n) is 9.66. The number of amides is 2. The van der Waals surface area contributed by atoms with Crippen molar-refractivity contribution in [3.63, 3.8) is 0 Å². The van der Waals surface area contributed by atoms with Crippen molar-refractivity contribution in [2.75, 3.05) is 16.8 Å². The molecule has 0 radical (unpaired) electrons. The highest BCUT2D eigenvalue weighted by Gasteiger charge is 2.11. The predicted molar refractivity (Wildman–Crippen MR) is 119 cm³/mol. The van der Waals surface area contributed by atoms with E-state index >= 15 is 0 Å². The summed E-state index contributed by atoms with van der Waals surface area (Å²) in [7, 11) is 0. The first kappa shape index (κ1) is 22.0. The molecule has 150 valence electrons. The van der Waals surface area contributed by atoms with Crippen LogP contribution in [0.2, 0.25) is 0 Å². The Morgan fingerprint density at radius 2 is 1.64 bits per heavy atom. The van der Waals surface area contributed by atoms with Gasteiger partial charge in [0, 0.05) is 5.69 Å². The highest BCUT2D eigenvalue weighted by Crippen LogP contribution is 2.16. The summed E-state index contributed by atoms with van der Waals surface area (Å²) in [6.07, 6.45) is 1.06. The Kier molecular flexibility index (Phi) is 8.58. The first-order valence-corrected chi connectivity index (χ1v) is 10.8. The maximum atomic E-state index is 12.2. The molecule has 0 aliphatic rings. The number of rotatable bonds is 9. The van der Waals surface area contributed by atoms with Gasteiger partial charge in [0.2, 0.25) is 11.8 Å². The average Bonchev–Trinajstić information content (AvgIpc) is 2.61. The molecule has 1 atom stereocenters. The van der Waals surface area contributed by atoms with Gasteiger partial charge in [0.1, 0.15) is 0 Å². The maximum absolute atomic E-state index is 12.2. The van der Waals surface area contributed by atoms with E-state index in [2.05, 4.69) is 48.7 Å². The molecule has 0 heterocycles. The van der Waals surface area contributed by atoms with Crippen molar-refractivity contribution in [3.8, 4) is 0 Å². The highest BCUT2D eigenvalue weighted by atomic mass is 32.2. The molecular weight excluding hydrogens is 368 g/mol. The van der Waals surface area contributed by atoms with E-state index in [1.54, 1.807) is 0 Å². The third-order valence-electron chi connectivity index (χ3n) is 4.27. The van der Waals surface area contributed by atoms with Crippen LogP contribution < -0.4 is 10.6 Å². The second-order valence-electron chi connectivity index (χ2n) is 7.54. The topological polar surface area (TPSA) is 58.2 Å². The number of hydrogen-bond acceptors (Lipinski definition) is 3. The van der Waals surface area contributed by atoms with Gasteiger partial charge in [-0.3, -0.25) is 9.59 Å². The third kappa shape index (κ3) is 7.77. The zero-order valence-electron chi connectivity index (χ0n) is 17.1. The molecule has 2 aromatic carbocycles. The molecule has 5 heteroatoms. The lowest BCUT2D eigenvalue weighted by Crippen LogP contribution is -2.28. The molecule has 4 nitrogen and oxygen atoms in total. The SMILES string of the molecule is Cc1cccc(NC(=O)CSCC(=O)NC(C)c2ccc(CC(C)C)cc2)c1. The van der Waals surface area contributed by atoms with Gasteiger partial charge < -0.3 is 10.6 Å². The Balaban J connectivity index is 1.72. The van der Waals surface area contributed by atoms with Gasteiger partial charge in [-0.1, -0.05) is 50.2 Å². The average molecular weight is 399 g/mol. The molecule has 1 unspecified atom stereocenters. The second-order valence-corrected chi connectivity index (χ2v) is 8.52. The fourth-order valence-electron chi connectivity index (χ4n) is 2.94. The summed E-state index contributed by atoms with van der Waals surface area (Å²) in [5.74, 6) is 0.976. The van der Waals surface area contributed by atoms with E-state index in [1.807, 2.05) is 38.1 Å². The van der Waals surface area contributed by atoms with Crippen LogP contribution in [0.15, 0.2) is 48.5 Å². The summed E-state index contributed by atoms with van der Waals surface area (Å²) in [5, 5.41) is 5.85. The molecule has 0 bridgehead atoms. The van der Waals surface area contributed by atoms with Crippen molar-refractivity contribution in [1.29, 1.82) is 0 Å². The zero-order chi connectivity index (χ0) is 20.5. The molecular formula is C23H30N2O2S. The minimum atomic E-state index is -0.0998. The maximum Gasteiger partial charge on any atom is 0.234 e. The predicted octanol–water partition coefficient (Wildman–Crippen LogP) is 4.74. The van der Waals surface area contributed by atoms with Crippen molar-refractivity contribution in [2.45, 2.75) is 40.2 Å². The molecule has 0 fully saturated rings. The van der Waals surface area contributed by atoms with Crippen LogP contribution in [0.1, 0.15) is 43.5 Å². The van der Waals surface area contributed by atoms with Crippen LogP contribution in [0, 0.1) is 12.8 Å². The summed E-state index contributed by atoms with van der Waals surface area (Å²) >= 11 is 1.32. The van der Waals surface area contributed by atoms with E-state index in [0.29, 0.717) is 5.92 Å². The molecule has 0 aromatic heterocycles. The van der Waals surface area contributed by atoms with Crippen molar-refractivity contribution in [1.82, 2.24) is 5.32 Å². The lowest BCUT2D eigenvalue weighted by molar-refractivity contribution is -0.119. The molecule has 2 aromatic rings. The van der Waals surface area contributed by atoms with Gasteiger partial charge >= 0.3 is 0 Å². The number of thioether (sulfide) groups is 1. The molecule has 0 aliphatic heterocycles. The van der Waals surface area contributed by atoms with Gasteiger partial charge in [0.05, 0.1) is 17.5 Å². The van der Waals surface area contributed by atoms with Crippen LogP contribution >= 0.6 is 11.8 Å². The number of anilines is 1. The Labute approximate surface area is 172 Å². The van der Waals surface area contributed by atoms with E-state index < -0.39 is 0 Å². The zero-order valence-corrected chi connectivity index (χ0v) is 17.9. The van der Waals surface area contributed by atoms with Crippen molar-refractivity contribution in [3.05, 3.63) is 65.2 Å². The van der Waals surface area contributed by atoms with Gasteiger partial charge in [-0.05, 0) is 55.0 Å². The number of benzene rings is 2. The Bertz CT molecular complexity index is 787. The summed E-state index contributed by atoms with van der Waals surface area (Å²) in [6, 6.07) is 16.0. The smallest absolute Gasteiger partial charge is 0.234 e. The summed E-state index contributed by atoms with van der Waals surface area (Å²) in [4.78, 5) is 24.2. The van der Waals surface area contributed by atoms with Crippen molar-refractivity contribution >= 4 is 29.3 Å². The minimum Gasteiger partial charge on any atom is -0.349 e. The van der Waals surface area contributed by atoms with E-state index in [-0.39, 0.29) is 29.4 Å². The number of hydrogen-bond donors (Lipinski definition) is 2. The van der Waals surface area contributed by atoms with E-state index in [9.17, 15) is 9.59 Å². The highest BCUT2D eigenvalue weighted by molar-refractivity contribution is 8.00. The molecule has 0 aliphatic carbocycles. The molecule has 0 spiro atoms. The fraction of sp³-hybridized carbons (Fsp3) is 0.391. The molecule has 0 saturated heterocycles. The van der Waals surface area contributed by atoms with Crippen molar-refractivity contribution in [2.24, 2.45) is 5.92 Å². The van der Waals surface area contributed by atoms with Crippen LogP contribution in [0.25, 0.3) is 0 Å². The van der Waals surface area contributed by atoms with Crippen LogP contribution in [0.4, 0.5) is 5.69 Å². The lowest BCUT2D eigenvalue weighted by Gasteiger charge is -2.15. The summed E-state index contributed by atoms with van der Waals surface area (Å²) in [5.41, 5.74) is 4.27. The molecule has 2 rings (SSSR count). The third-order valence-corrected chi connectivity index (χ3v) is 5.20. The van der Waals surface area contributed by atoms with Crippen LogP contribution in [0.5, 0.6) is 0 Å². The standard InChI is InChI=1S/C23H30N2O2S/c1-16(2)12-19-8-10-20(11-9-19)18(4)24-22(26)14-28-15-23(27)25-21-7-5-6-17(3)13-21/h5-11,13,16,18H,12,14-15H2,1-4H3,(H,24,26)(H,25,27). The van der Waals surface area contributed by atoms with Gasteiger partial charge in [0.25, 0.3) is 0 Å². The summed E-state index contributed by atoms with van der Waals surface area (Å²) in [6.45, 7) is 8.36. The monoisotopic (exact) mass is 398 g/mol. The largest absolute Gasteiger partial charge is 0.349 e. The van der Waals surface area contributed by atoms with Crippen LogP contribution in [0.3, 0.4) is 0 Å². The second kappa shape index (κ2) is 10.9. The van der Waals surface area contributed by atoms with Gasteiger partial charge in [-0.2, -0.15) is 0 Å². The number of aryl methyl sites for hydroxylation is 1. The lowest BCUT2D eigenvalue weighted by atomic mass is 10.00. The molecule has 2 N–H and O–H groups in total. The van der Waals surface area contributed by atoms with Crippen LogP contribution in [-0.2, 0) is 16.0 Å². The van der Waals surface area contributed by atoms with E-state index in [4.69, 9.17) is 0 Å². The van der Waals surface area contributed by atoms with Gasteiger partial charge in [-0.25, -0.2) is 0 Å².